The van der Waals surface area contributed by atoms with Crippen LogP contribution >= 0.6 is 0 Å². The first-order chi connectivity index (χ1) is 9.75. The second-order valence-corrected chi connectivity index (χ2v) is 5.93. The van der Waals surface area contributed by atoms with Gasteiger partial charge in [0.15, 0.2) is 0 Å². The standard InChI is InChI=1S/C19H23N/c1-14-7-3-5-9-18(14)15(2)20-13-17-8-4-6-10-19(17)16-11-12-16/h3-10,15-16,20H,11-13H2,1-2H3/t15-/m0/s1. The van der Waals surface area contributed by atoms with Crippen LogP contribution in [-0.4, -0.2) is 0 Å². The van der Waals surface area contributed by atoms with Gasteiger partial charge < -0.3 is 5.32 Å². The molecule has 104 valence electrons. The average Bonchev–Trinajstić information content (AvgIpc) is 3.30. The Hall–Kier alpha value is -1.60. The highest BCUT2D eigenvalue weighted by Crippen LogP contribution is 2.41. The van der Waals surface area contributed by atoms with Crippen LogP contribution in [0.15, 0.2) is 48.5 Å². The van der Waals surface area contributed by atoms with Crippen molar-refractivity contribution in [1.29, 1.82) is 0 Å². The van der Waals surface area contributed by atoms with Gasteiger partial charge in [-0.15, -0.1) is 0 Å². The quantitative estimate of drug-likeness (QED) is 0.824. The third kappa shape index (κ3) is 2.94. The summed E-state index contributed by atoms with van der Waals surface area (Å²) < 4.78 is 0. The van der Waals surface area contributed by atoms with E-state index in [9.17, 15) is 0 Å². The molecule has 1 fully saturated rings. The molecule has 1 aliphatic carbocycles. The summed E-state index contributed by atoms with van der Waals surface area (Å²) >= 11 is 0. The smallest absolute Gasteiger partial charge is 0.0297 e. The molecule has 2 aromatic carbocycles. The predicted octanol–water partition coefficient (Wildman–Crippen LogP) is 4.72. The highest BCUT2D eigenvalue weighted by atomic mass is 14.9. The number of hydrogen-bond acceptors (Lipinski definition) is 1. The molecule has 2 aromatic rings. The van der Waals surface area contributed by atoms with Crippen LogP contribution in [0.3, 0.4) is 0 Å². The van der Waals surface area contributed by atoms with Gasteiger partial charge in [-0.3, -0.25) is 0 Å². The van der Waals surface area contributed by atoms with Gasteiger partial charge in [0.1, 0.15) is 0 Å². The molecular weight excluding hydrogens is 242 g/mol. The Balaban J connectivity index is 1.69. The van der Waals surface area contributed by atoms with Gasteiger partial charge in [-0.2, -0.15) is 0 Å². The maximum absolute atomic E-state index is 3.68. The van der Waals surface area contributed by atoms with E-state index in [-0.39, 0.29) is 0 Å². The van der Waals surface area contributed by atoms with Crippen molar-refractivity contribution < 1.29 is 0 Å². The second kappa shape index (κ2) is 5.80. The molecule has 0 bridgehead atoms. The SMILES string of the molecule is Cc1ccccc1[C@H](C)NCc1ccccc1C1CC1. The lowest BCUT2D eigenvalue weighted by Gasteiger charge is -2.18. The van der Waals surface area contributed by atoms with Crippen molar-refractivity contribution in [3.05, 3.63) is 70.8 Å². The van der Waals surface area contributed by atoms with Crippen molar-refractivity contribution in [2.75, 3.05) is 0 Å². The summed E-state index contributed by atoms with van der Waals surface area (Å²) in [5, 5.41) is 3.68. The molecule has 0 radical (unpaired) electrons. The summed E-state index contributed by atoms with van der Waals surface area (Å²) in [6, 6.07) is 17.9. The molecule has 0 heterocycles. The minimum absolute atomic E-state index is 0.392. The molecule has 3 rings (SSSR count). The van der Waals surface area contributed by atoms with Crippen LogP contribution in [0.2, 0.25) is 0 Å². The molecule has 1 heteroatoms. The van der Waals surface area contributed by atoms with Gasteiger partial charge >= 0.3 is 0 Å². The van der Waals surface area contributed by atoms with E-state index in [1.54, 1.807) is 5.56 Å². The number of hydrogen-bond donors (Lipinski definition) is 1. The fourth-order valence-electron chi connectivity index (χ4n) is 2.93. The molecule has 1 N–H and O–H groups in total. The minimum atomic E-state index is 0.392. The van der Waals surface area contributed by atoms with E-state index < -0.39 is 0 Å². The lowest BCUT2D eigenvalue weighted by Crippen LogP contribution is -2.19. The molecule has 0 amide bonds. The van der Waals surface area contributed by atoms with Crippen LogP contribution < -0.4 is 5.32 Å². The van der Waals surface area contributed by atoms with Crippen LogP contribution in [0.4, 0.5) is 0 Å². The minimum Gasteiger partial charge on any atom is -0.306 e. The molecule has 1 aliphatic rings. The van der Waals surface area contributed by atoms with Crippen LogP contribution in [0.1, 0.15) is 54.0 Å². The van der Waals surface area contributed by atoms with Crippen molar-refractivity contribution in [1.82, 2.24) is 5.32 Å². The van der Waals surface area contributed by atoms with Gasteiger partial charge in [-0.1, -0.05) is 48.5 Å². The third-order valence-corrected chi connectivity index (χ3v) is 4.33. The summed E-state index contributed by atoms with van der Waals surface area (Å²) in [6.07, 6.45) is 2.73. The topological polar surface area (TPSA) is 12.0 Å². The van der Waals surface area contributed by atoms with Gasteiger partial charge in [0.2, 0.25) is 0 Å². The Labute approximate surface area is 122 Å². The molecule has 0 spiro atoms. The van der Waals surface area contributed by atoms with Gasteiger partial charge in [0, 0.05) is 12.6 Å². The maximum Gasteiger partial charge on any atom is 0.0297 e. The normalized spacial score (nSPS) is 16.1. The fraction of sp³-hybridized carbons (Fsp3) is 0.368. The first-order valence-corrected chi connectivity index (χ1v) is 7.62. The highest BCUT2D eigenvalue weighted by Gasteiger charge is 2.25. The van der Waals surface area contributed by atoms with Crippen molar-refractivity contribution >= 4 is 0 Å². The van der Waals surface area contributed by atoms with Crippen LogP contribution in [0.5, 0.6) is 0 Å². The lowest BCUT2D eigenvalue weighted by molar-refractivity contribution is 0.570. The van der Waals surface area contributed by atoms with E-state index in [4.69, 9.17) is 0 Å². The van der Waals surface area contributed by atoms with Crippen molar-refractivity contribution in [2.45, 2.75) is 45.2 Å². The van der Waals surface area contributed by atoms with Gasteiger partial charge in [0.05, 0.1) is 0 Å². The Morgan fingerprint density at radius 3 is 2.50 bits per heavy atom. The summed E-state index contributed by atoms with van der Waals surface area (Å²) in [7, 11) is 0. The molecule has 0 unspecified atom stereocenters. The van der Waals surface area contributed by atoms with E-state index in [1.807, 2.05) is 0 Å². The Morgan fingerprint density at radius 2 is 1.75 bits per heavy atom. The van der Waals surface area contributed by atoms with Gasteiger partial charge in [0.25, 0.3) is 0 Å². The number of benzene rings is 2. The van der Waals surface area contributed by atoms with Crippen LogP contribution in [-0.2, 0) is 6.54 Å². The molecule has 1 saturated carbocycles. The van der Waals surface area contributed by atoms with E-state index in [0.29, 0.717) is 6.04 Å². The van der Waals surface area contributed by atoms with Crippen molar-refractivity contribution in [3.63, 3.8) is 0 Å². The molecule has 0 aromatic heterocycles. The van der Waals surface area contributed by atoms with E-state index in [0.717, 1.165) is 12.5 Å². The maximum atomic E-state index is 3.68. The lowest BCUT2D eigenvalue weighted by atomic mass is 10.0. The van der Waals surface area contributed by atoms with Gasteiger partial charge in [-0.05, 0) is 54.9 Å². The van der Waals surface area contributed by atoms with E-state index in [2.05, 4.69) is 67.7 Å². The van der Waals surface area contributed by atoms with E-state index >= 15 is 0 Å². The summed E-state index contributed by atoms with van der Waals surface area (Å²) in [4.78, 5) is 0. The third-order valence-electron chi connectivity index (χ3n) is 4.33. The summed E-state index contributed by atoms with van der Waals surface area (Å²) in [5.41, 5.74) is 5.78. The summed E-state index contributed by atoms with van der Waals surface area (Å²) in [5.74, 6) is 0.821. The first kappa shape index (κ1) is 13.4. The molecular formula is C19H23N. The van der Waals surface area contributed by atoms with Crippen molar-refractivity contribution in [2.24, 2.45) is 0 Å². The first-order valence-electron chi connectivity index (χ1n) is 7.62. The van der Waals surface area contributed by atoms with E-state index in [1.165, 1.54) is 29.5 Å². The zero-order valence-corrected chi connectivity index (χ0v) is 12.4. The molecule has 1 nitrogen and oxygen atoms in total. The zero-order valence-electron chi connectivity index (χ0n) is 12.4. The second-order valence-electron chi connectivity index (χ2n) is 5.93. The van der Waals surface area contributed by atoms with Crippen molar-refractivity contribution in [3.8, 4) is 0 Å². The Bertz CT molecular complexity index is 584. The number of aryl methyl sites for hydroxylation is 1. The van der Waals surface area contributed by atoms with Crippen LogP contribution in [0.25, 0.3) is 0 Å². The van der Waals surface area contributed by atoms with Gasteiger partial charge in [-0.25, -0.2) is 0 Å². The zero-order chi connectivity index (χ0) is 13.9. The monoisotopic (exact) mass is 265 g/mol. The van der Waals surface area contributed by atoms with Crippen LogP contribution in [0, 0.1) is 6.92 Å². The average molecular weight is 265 g/mol. The predicted molar refractivity (Wildman–Crippen MR) is 84.9 cm³/mol. The molecule has 0 saturated heterocycles. The Morgan fingerprint density at radius 1 is 1.05 bits per heavy atom. The highest BCUT2D eigenvalue weighted by molar-refractivity contribution is 5.34. The molecule has 0 aliphatic heterocycles. The number of rotatable bonds is 5. The largest absolute Gasteiger partial charge is 0.306 e. The number of nitrogens with one attached hydrogen (secondary N) is 1. The summed E-state index contributed by atoms with van der Waals surface area (Å²) in [6.45, 7) is 5.40. The Kier molecular flexibility index (Phi) is 3.88. The molecule has 20 heavy (non-hydrogen) atoms. The molecule has 1 atom stereocenters. The fourth-order valence-corrected chi connectivity index (χ4v) is 2.93.